The number of carbonyl (C=O) groups is 1. The van der Waals surface area contributed by atoms with Crippen LogP contribution in [0.1, 0.15) is 30.1 Å². The van der Waals surface area contributed by atoms with Crippen molar-refractivity contribution in [3.63, 3.8) is 0 Å². The summed E-state index contributed by atoms with van der Waals surface area (Å²) >= 11 is 0. The fraction of sp³-hybridized carbons (Fsp3) is 0.600. The van der Waals surface area contributed by atoms with Crippen molar-refractivity contribution in [2.75, 3.05) is 33.3 Å². The van der Waals surface area contributed by atoms with E-state index in [2.05, 4.69) is 16.8 Å². The fourth-order valence-electron chi connectivity index (χ4n) is 3.04. The Kier molecular flexibility index (Phi) is 3.38. The van der Waals surface area contributed by atoms with E-state index in [1.165, 1.54) is 0 Å². The molecule has 0 aliphatic carbocycles. The van der Waals surface area contributed by atoms with Crippen molar-refractivity contribution in [1.82, 2.24) is 14.8 Å². The molecule has 2 aliphatic heterocycles. The van der Waals surface area contributed by atoms with Crippen molar-refractivity contribution < 1.29 is 9.53 Å². The number of likely N-dealkylation sites (tertiary alicyclic amines) is 1. The average molecular weight is 275 g/mol. The first-order valence-electron chi connectivity index (χ1n) is 7.23. The molecule has 1 spiro atoms. The highest BCUT2D eigenvalue weighted by Gasteiger charge is 2.55. The number of methoxy groups -OCH3 is 1. The van der Waals surface area contributed by atoms with Crippen LogP contribution in [0.25, 0.3) is 0 Å². The second kappa shape index (κ2) is 5.05. The lowest BCUT2D eigenvalue weighted by Gasteiger charge is -2.31. The van der Waals surface area contributed by atoms with E-state index in [9.17, 15) is 4.79 Å². The van der Waals surface area contributed by atoms with Gasteiger partial charge in [-0.05, 0) is 25.5 Å². The quantitative estimate of drug-likeness (QED) is 0.782. The minimum Gasteiger partial charge on any atom is -0.481 e. The third-order valence-electron chi connectivity index (χ3n) is 4.59. The molecule has 2 aliphatic rings. The molecule has 2 saturated heterocycles. The van der Waals surface area contributed by atoms with Crippen LogP contribution in [0.4, 0.5) is 0 Å². The van der Waals surface area contributed by atoms with E-state index >= 15 is 0 Å². The highest BCUT2D eigenvalue weighted by molar-refractivity contribution is 5.96. The van der Waals surface area contributed by atoms with Crippen LogP contribution < -0.4 is 4.74 Å². The summed E-state index contributed by atoms with van der Waals surface area (Å²) in [5, 5.41) is 0. The summed E-state index contributed by atoms with van der Waals surface area (Å²) in [4.78, 5) is 21.0. The Morgan fingerprint density at radius 3 is 2.70 bits per heavy atom. The number of aromatic nitrogens is 1. The Hall–Kier alpha value is -1.62. The van der Waals surface area contributed by atoms with Gasteiger partial charge in [0.05, 0.1) is 18.2 Å². The highest BCUT2D eigenvalue weighted by Crippen LogP contribution is 2.42. The van der Waals surface area contributed by atoms with Gasteiger partial charge in [0.15, 0.2) is 0 Å². The van der Waals surface area contributed by atoms with Gasteiger partial charge in [0, 0.05) is 31.9 Å². The molecule has 0 N–H and O–H groups in total. The summed E-state index contributed by atoms with van der Waals surface area (Å²) in [6.45, 7) is 6.39. The van der Waals surface area contributed by atoms with Gasteiger partial charge in [-0.3, -0.25) is 4.79 Å². The van der Waals surface area contributed by atoms with Crippen LogP contribution in [0, 0.1) is 0 Å². The molecule has 0 atom stereocenters. The van der Waals surface area contributed by atoms with Crippen LogP contribution in [0.2, 0.25) is 0 Å². The number of hydrogen-bond donors (Lipinski definition) is 0. The predicted octanol–water partition coefficient (Wildman–Crippen LogP) is 1.40. The zero-order chi connectivity index (χ0) is 14.2. The van der Waals surface area contributed by atoms with E-state index in [0.717, 1.165) is 39.0 Å². The van der Waals surface area contributed by atoms with Gasteiger partial charge in [-0.1, -0.05) is 6.92 Å². The van der Waals surface area contributed by atoms with Crippen LogP contribution in [0.5, 0.6) is 5.88 Å². The zero-order valence-electron chi connectivity index (χ0n) is 12.1. The monoisotopic (exact) mass is 275 g/mol. The Morgan fingerprint density at radius 1 is 1.40 bits per heavy atom. The number of pyridine rings is 1. The van der Waals surface area contributed by atoms with Gasteiger partial charge in [-0.25, -0.2) is 4.98 Å². The number of piperidine rings is 1. The molecule has 3 rings (SSSR count). The van der Waals surface area contributed by atoms with E-state index < -0.39 is 0 Å². The summed E-state index contributed by atoms with van der Waals surface area (Å²) in [6.07, 6.45) is 3.79. The number of rotatable bonds is 3. The normalized spacial score (nSPS) is 21.0. The number of carbonyl (C=O) groups excluding carboxylic acids is 1. The van der Waals surface area contributed by atoms with Crippen molar-refractivity contribution in [2.45, 2.75) is 25.3 Å². The minimum absolute atomic E-state index is 0.102. The van der Waals surface area contributed by atoms with Gasteiger partial charge in [0.1, 0.15) is 0 Å². The van der Waals surface area contributed by atoms with E-state index in [1.54, 1.807) is 25.4 Å². The minimum atomic E-state index is 0.102. The smallest absolute Gasteiger partial charge is 0.256 e. The van der Waals surface area contributed by atoms with Crippen LogP contribution in [0.3, 0.4) is 0 Å². The molecule has 5 nitrogen and oxygen atoms in total. The van der Waals surface area contributed by atoms with Crippen LogP contribution in [0.15, 0.2) is 18.3 Å². The average Bonchev–Trinajstić information content (AvgIpc) is 3.21. The van der Waals surface area contributed by atoms with E-state index in [4.69, 9.17) is 4.74 Å². The molecule has 0 unspecified atom stereocenters. The topological polar surface area (TPSA) is 45.4 Å². The fourth-order valence-corrected chi connectivity index (χ4v) is 3.04. The Labute approximate surface area is 119 Å². The number of ether oxygens (including phenoxy) is 1. The summed E-state index contributed by atoms with van der Waals surface area (Å²) in [6, 6.07) is 3.53. The molecular formula is C15H21N3O2. The maximum atomic E-state index is 12.5. The SMILES string of the molecule is CCN1CCC2(CC1)CN2C(=O)c1ccc(OC)nc1. The second-order valence-electron chi connectivity index (χ2n) is 5.64. The Bertz CT molecular complexity index is 492. The van der Waals surface area contributed by atoms with Crippen molar-refractivity contribution >= 4 is 5.91 Å². The van der Waals surface area contributed by atoms with Crippen molar-refractivity contribution in [1.29, 1.82) is 0 Å². The van der Waals surface area contributed by atoms with Gasteiger partial charge in [0.25, 0.3) is 5.91 Å². The predicted molar refractivity (Wildman–Crippen MR) is 75.9 cm³/mol. The number of hydrogen-bond acceptors (Lipinski definition) is 4. The van der Waals surface area contributed by atoms with Crippen LogP contribution in [-0.2, 0) is 0 Å². The standard InChI is InChI=1S/C15H21N3O2/c1-3-17-8-6-15(7-9-17)11-18(15)14(19)12-4-5-13(20-2)16-10-12/h4-5,10H,3,6-9,11H2,1-2H3. The zero-order valence-corrected chi connectivity index (χ0v) is 12.1. The van der Waals surface area contributed by atoms with Crippen LogP contribution >= 0.6 is 0 Å². The molecule has 0 saturated carbocycles. The van der Waals surface area contributed by atoms with E-state index in [0.29, 0.717) is 11.4 Å². The molecule has 1 aromatic heterocycles. The first-order chi connectivity index (χ1) is 9.68. The van der Waals surface area contributed by atoms with Gasteiger partial charge in [-0.15, -0.1) is 0 Å². The Morgan fingerprint density at radius 2 is 2.15 bits per heavy atom. The molecule has 5 heteroatoms. The number of amides is 1. The van der Waals surface area contributed by atoms with E-state index in [-0.39, 0.29) is 11.4 Å². The molecule has 0 radical (unpaired) electrons. The lowest BCUT2D eigenvalue weighted by atomic mass is 9.96. The Balaban J connectivity index is 1.65. The molecule has 3 heterocycles. The lowest BCUT2D eigenvalue weighted by molar-refractivity contribution is 0.0821. The summed E-state index contributed by atoms with van der Waals surface area (Å²) in [5.41, 5.74) is 0.781. The maximum Gasteiger partial charge on any atom is 0.256 e. The third kappa shape index (κ3) is 2.26. The second-order valence-corrected chi connectivity index (χ2v) is 5.64. The van der Waals surface area contributed by atoms with Crippen molar-refractivity contribution in [3.05, 3.63) is 23.9 Å². The first kappa shape index (κ1) is 13.4. The molecule has 1 amide bonds. The van der Waals surface area contributed by atoms with Crippen molar-refractivity contribution in [3.8, 4) is 5.88 Å². The molecular weight excluding hydrogens is 254 g/mol. The molecule has 108 valence electrons. The molecule has 2 fully saturated rings. The van der Waals surface area contributed by atoms with Gasteiger partial charge >= 0.3 is 0 Å². The molecule has 1 aromatic rings. The molecule has 0 aromatic carbocycles. The lowest BCUT2D eigenvalue weighted by Crippen LogP contribution is -2.40. The number of nitrogens with zero attached hydrogens (tertiary/aromatic N) is 3. The maximum absolute atomic E-state index is 12.5. The first-order valence-corrected chi connectivity index (χ1v) is 7.23. The largest absolute Gasteiger partial charge is 0.481 e. The molecule has 20 heavy (non-hydrogen) atoms. The van der Waals surface area contributed by atoms with Gasteiger partial charge in [-0.2, -0.15) is 0 Å². The van der Waals surface area contributed by atoms with Gasteiger partial charge < -0.3 is 14.5 Å². The third-order valence-corrected chi connectivity index (χ3v) is 4.59. The summed E-state index contributed by atoms with van der Waals surface area (Å²) < 4.78 is 5.02. The van der Waals surface area contributed by atoms with E-state index in [1.807, 2.05) is 4.90 Å². The van der Waals surface area contributed by atoms with Crippen LogP contribution in [-0.4, -0.2) is 59.5 Å². The molecule has 0 bridgehead atoms. The van der Waals surface area contributed by atoms with Gasteiger partial charge in [0.2, 0.25) is 5.88 Å². The highest BCUT2D eigenvalue weighted by atomic mass is 16.5. The summed E-state index contributed by atoms with van der Waals surface area (Å²) in [5.74, 6) is 0.642. The summed E-state index contributed by atoms with van der Waals surface area (Å²) in [7, 11) is 1.57. The van der Waals surface area contributed by atoms with Crippen molar-refractivity contribution in [2.24, 2.45) is 0 Å².